The van der Waals surface area contributed by atoms with Crippen LogP contribution >= 0.6 is 11.6 Å². The monoisotopic (exact) mass is 288 g/mol. The molecule has 0 aliphatic heterocycles. The van der Waals surface area contributed by atoms with Gasteiger partial charge >= 0.3 is 0 Å². The Bertz CT molecular complexity index is 675. The molecule has 20 heavy (non-hydrogen) atoms. The third-order valence-corrected chi connectivity index (χ3v) is 3.73. The standard InChI is InChI=1S/C17H17ClO2/c1-10-5-6-11(2)17(12(10)3)20-14-7-8-15(13(4)19)16(18)9-14/h5-9H,1-4H3. The van der Waals surface area contributed by atoms with Crippen molar-refractivity contribution in [2.24, 2.45) is 0 Å². The lowest BCUT2D eigenvalue weighted by molar-refractivity contribution is 0.101. The highest BCUT2D eigenvalue weighted by atomic mass is 35.5. The van der Waals surface area contributed by atoms with Gasteiger partial charge in [-0.25, -0.2) is 0 Å². The first-order valence-electron chi connectivity index (χ1n) is 6.45. The maximum absolute atomic E-state index is 11.4. The molecule has 0 radical (unpaired) electrons. The second-order valence-electron chi connectivity index (χ2n) is 4.95. The molecule has 0 aliphatic carbocycles. The van der Waals surface area contributed by atoms with Crippen molar-refractivity contribution in [3.8, 4) is 11.5 Å². The molecule has 2 aromatic rings. The largest absolute Gasteiger partial charge is 0.457 e. The molecule has 0 unspecified atom stereocenters. The van der Waals surface area contributed by atoms with Crippen LogP contribution in [0.5, 0.6) is 11.5 Å². The van der Waals surface area contributed by atoms with Crippen molar-refractivity contribution in [2.45, 2.75) is 27.7 Å². The molecule has 104 valence electrons. The molecular formula is C17H17ClO2. The molecule has 2 nitrogen and oxygen atoms in total. The molecule has 2 aromatic carbocycles. The van der Waals surface area contributed by atoms with E-state index in [1.54, 1.807) is 18.2 Å². The molecule has 0 N–H and O–H groups in total. The van der Waals surface area contributed by atoms with E-state index in [0.29, 0.717) is 16.3 Å². The van der Waals surface area contributed by atoms with Gasteiger partial charge < -0.3 is 4.74 Å². The number of hydrogen-bond acceptors (Lipinski definition) is 2. The van der Waals surface area contributed by atoms with Crippen LogP contribution in [-0.4, -0.2) is 5.78 Å². The second-order valence-corrected chi connectivity index (χ2v) is 5.36. The Morgan fingerprint density at radius 2 is 1.70 bits per heavy atom. The lowest BCUT2D eigenvalue weighted by Gasteiger charge is -2.14. The third kappa shape index (κ3) is 2.86. The summed E-state index contributed by atoms with van der Waals surface area (Å²) in [5.74, 6) is 1.43. The van der Waals surface area contributed by atoms with Gasteiger partial charge in [0.1, 0.15) is 11.5 Å². The fourth-order valence-electron chi connectivity index (χ4n) is 2.05. The van der Waals surface area contributed by atoms with Crippen molar-refractivity contribution < 1.29 is 9.53 Å². The number of halogens is 1. The predicted octanol–water partition coefficient (Wildman–Crippen LogP) is 5.26. The summed E-state index contributed by atoms with van der Waals surface area (Å²) < 4.78 is 5.94. The molecule has 0 fully saturated rings. The van der Waals surface area contributed by atoms with Crippen molar-refractivity contribution in [3.05, 3.63) is 57.6 Å². The summed E-state index contributed by atoms with van der Waals surface area (Å²) in [6.07, 6.45) is 0. The zero-order valence-corrected chi connectivity index (χ0v) is 12.8. The van der Waals surface area contributed by atoms with Crippen molar-refractivity contribution in [1.29, 1.82) is 0 Å². The molecular weight excluding hydrogens is 272 g/mol. The Kier molecular flexibility index (Phi) is 4.15. The number of benzene rings is 2. The highest BCUT2D eigenvalue weighted by Gasteiger charge is 2.10. The summed E-state index contributed by atoms with van der Waals surface area (Å²) in [5.41, 5.74) is 3.87. The third-order valence-electron chi connectivity index (χ3n) is 3.41. The number of ether oxygens (including phenoxy) is 1. The highest BCUT2D eigenvalue weighted by molar-refractivity contribution is 6.34. The number of Topliss-reactive ketones (excluding diaryl/α,β-unsaturated/α-hetero) is 1. The average Bonchev–Trinajstić information content (AvgIpc) is 2.39. The minimum atomic E-state index is -0.0514. The van der Waals surface area contributed by atoms with E-state index >= 15 is 0 Å². The molecule has 0 atom stereocenters. The average molecular weight is 289 g/mol. The topological polar surface area (TPSA) is 26.3 Å². The van der Waals surface area contributed by atoms with E-state index in [4.69, 9.17) is 16.3 Å². The second kappa shape index (κ2) is 5.68. The van der Waals surface area contributed by atoms with E-state index in [-0.39, 0.29) is 5.78 Å². The predicted molar refractivity (Wildman–Crippen MR) is 82.2 cm³/mol. The van der Waals surface area contributed by atoms with Crippen LogP contribution in [0.3, 0.4) is 0 Å². The van der Waals surface area contributed by atoms with Gasteiger partial charge in [-0.1, -0.05) is 23.7 Å². The van der Waals surface area contributed by atoms with E-state index in [2.05, 4.69) is 6.07 Å². The molecule has 0 amide bonds. The van der Waals surface area contributed by atoms with Crippen LogP contribution in [-0.2, 0) is 0 Å². The van der Waals surface area contributed by atoms with Gasteiger partial charge in [-0.2, -0.15) is 0 Å². The Hall–Kier alpha value is -1.80. The van der Waals surface area contributed by atoms with Gasteiger partial charge in [0.15, 0.2) is 5.78 Å². The van der Waals surface area contributed by atoms with E-state index in [9.17, 15) is 4.79 Å². The van der Waals surface area contributed by atoms with Gasteiger partial charge in [0.05, 0.1) is 5.02 Å². The van der Waals surface area contributed by atoms with Crippen LogP contribution in [0.25, 0.3) is 0 Å². The van der Waals surface area contributed by atoms with Gasteiger partial charge in [0.25, 0.3) is 0 Å². The minimum absolute atomic E-state index is 0.0514. The number of carbonyl (C=O) groups excluding carboxylic acids is 1. The summed E-state index contributed by atoms with van der Waals surface area (Å²) in [4.78, 5) is 11.4. The number of rotatable bonds is 3. The van der Waals surface area contributed by atoms with Crippen LogP contribution in [0.15, 0.2) is 30.3 Å². The van der Waals surface area contributed by atoms with E-state index in [1.807, 2.05) is 26.8 Å². The fourth-order valence-corrected chi connectivity index (χ4v) is 2.35. The number of aryl methyl sites for hydroxylation is 2. The van der Waals surface area contributed by atoms with Gasteiger partial charge in [0.2, 0.25) is 0 Å². The van der Waals surface area contributed by atoms with Gasteiger partial charge in [-0.15, -0.1) is 0 Å². The number of hydrogen-bond donors (Lipinski definition) is 0. The highest BCUT2D eigenvalue weighted by Crippen LogP contribution is 2.32. The smallest absolute Gasteiger partial charge is 0.161 e. The fraction of sp³-hybridized carbons (Fsp3) is 0.235. The van der Waals surface area contributed by atoms with E-state index < -0.39 is 0 Å². The first kappa shape index (κ1) is 14.6. The first-order valence-corrected chi connectivity index (χ1v) is 6.83. The van der Waals surface area contributed by atoms with Crippen LogP contribution in [0, 0.1) is 20.8 Å². The molecule has 2 rings (SSSR count). The summed E-state index contributed by atoms with van der Waals surface area (Å²) in [6.45, 7) is 7.58. The van der Waals surface area contributed by atoms with Crippen LogP contribution in [0.1, 0.15) is 34.0 Å². The summed E-state index contributed by atoms with van der Waals surface area (Å²) in [5, 5.41) is 0.415. The molecule has 0 saturated carbocycles. The number of carbonyl (C=O) groups is 1. The van der Waals surface area contributed by atoms with Gasteiger partial charge in [-0.05, 0) is 56.5 Å². The van der Waals surface area contributed by atoms with Gasteiger partial charge in [0, 0.05) is 11.6 Å². The summed E-state index contributed by atoms with van der Waals surface area (Å²) >= 11 is 6.10. The van der Waals surface area contributed by atoms with E-state index in [0.717, 1.165) is 16.9 Å². The van der Waals surface area contributed by atoms with Crippen molar-refractivity contribution in [2.75, 3.05) is 0 Å². The molecule has 0 aliphatic rings. The molecule has 0 bridgehead atoms. The van der Waals surface area contributed by atoms with Crippen molar-refractivity contribution >= 4 is 17.4 Å². The normalized spacial score (nSPS) is 10.4. The minimum Gasteiger partial charge on any atom is -0.457 e. The SMILES string of the molecule is CC(=O)c1ccc(Oc2c(C)ccc(C)c2C)cc1Cl. The Morgan fingerprint density at radius 3 is 2.30 bits per heavy atom. The maximum atomic E-state index is 11.4. The Balaban J connectivity index is 2.39. The van der Waals surface area contributed by atoms with E-state index in [1.165, 1.54) is 12.5 Å². The van der Waals surface area contributed by atoms with Crippen LogP contribution in [0.4, 0.5) is 0 Å². The lowest BCUT2D eigenvalue weighted by atomic mass is 10.1. The summed E-state index contributed by atoms with van der Waals surface area (Å²) in [7, 11) is 0. The lowest BCUT2D eigenvalue weighted by Crippen LogP contribution is -1.96. The quantitative estimate of drug-likeness (QED) is 0.720. The summed E-state index contributed by atoms with van der Waals surface area (Å²) in [6, 6.07) is 9.25. The maximum Gasteiger partial charge on any atom is 0.161 e. The molecule has 0 heterocycles. The van der Waals surface area contributed by atoms with Crippen LogP contribution < -0.4 is 4.74 Å². The molecule has 0 saturated heterocycles. The van der Waals surface area contributed by atoms with Gasteiger partial charge in [-0.3, -0.25) is 4.79 Å². The van der Waals surface area contributed by atoms with Crippen molar-refractivity contribution in [1.82, 2.24) is 0 Å². The number of ketones is 1. The van der Waals surface area contributed by atoms with Crippen molar-refractivity contribution in [3.63, 3.8) is 0 Å². The molecule has 3 heteroatoms. The van der Waals surface area contributed by atoms with Crippen LogP contribution in [0.2, 0.25) is 5.02 Å². The first-order chi connectivity index (χ1) is 9.40. The molecule has 0 aromatic heterocycles. The zero-order valence-electron chi connectivity index (χ0n) is 12.1. The Labute approximate surface area is 124 Å². The Morgan fingerprint density at radius 1 is 1.05 bits per heavy atom. The zero-order chi connectivity index (χ0) is 14.9. The molecule has 0 spiro atoms.